The molecule has 0 bridgehead atoms. The van der Waals surface area contributed by atoms with Gasteiger partial charge in [-0.1, -0.05) is 19.9 Å². The molecule has 0 radical (unpaired) electrons. The van der Waals surface area contributed by atoms with E-state index in [-0.39, 0.29) is 5.41 Å². The molecule has 0 atom stereocenters. The number of fused-ring (bicyclic) bond motifs is 1. The minimum Gasteiger partial charge on any atom is -0.478 e. The Morgan fingerprint density at radius 3 is 2.71 bits per heavy atom. The normalized spacial score (nSPS) is 18.3. The Labute approximate surface area is 171 Å². The fraction of sp³-hybridized carbons (Fsp3) is 0.522. The molecule has 1 aliphatic carbocycles. The third kappa shape index (κ3) is 3.58. The molecule has 5 heteroatoms. The van der Waals surface area contributed by atoms with E-state index in [4.69, 9.17) is 0 Å². The lowest BCUT2D eigenvalue weighted by Gasteiger charge is -2.29. The molecule has 0 saturated carbocycles. The van der Waals surface area contributed by atoms with Gasteiger partial charge in [0.1, 0.15) is 0 Å². The van der Waals surface area contributed by atoms with Crippen LogP contribution < -0.4 is 10.2 Å². The number of thiophene rings is 1. The average Bonchev–Trinajstić information content (AvgIpc) is 3.28. The fourth-order valence-corrected chi connectivity index (χ4v) is 6.02. The van der Waals surface area contributed by atoms with Gasteiger partial charge < -0.3 is 15.3 Å². The molecule has 1 aromatic carbocycles. The summed E-state index contributed by atoms with van der Waals surface area (Å²) in [6.07, 6.45) is 5.46. The van der Waals surface area contributed by atoms with Gasteiger partial charge in [-0.05, 0) is 73.4 Å². The molecule has 28 heavy (non-hydrogen) atoms. The van der Waals surface area contributed by atoms with Crippen LogP contribution in [-0.2, 0) is 19.4 Å². The van der Waals surface area contributed by atoms with Crippen LogP contribution >= 0.6 is 11.3 Å². The number of benzene rings is 1. The van der Waals surface area contributed by atoms with Crippen molar-refractivity contribution in [3.63, 3.8) is 0 Å². The number of carbonyl (C=O) groups is 1. The van der Waals surface area contributed by atoms with Gasteiger partial charge in [0.2, 0.25) is 0 Å². The first kappa shape index (κ1) is 19.5. The molecule has 4 rings (SSSR count). The maximum absolute atomic E-state index is 12.3. The summed E-state index contributed by atoms with van der Waals surface area (Å²) in [4.78, 5) is 16.9. The first-order chi connectivity index (χ1) is 13.4. The molecule has 0 amide bonds. The zero-order valence-corrected chi connectivity index (χ0v) is 17.9. The molecule has 2 aliphatic rings. The topological polar surface area (TPSA) is 52.6 Å². The smallest absolute Gasteiger partial charge is 0.337 e. The molecular formula is C23H30N2O2S. The monoisotopic (exact) mass is 398 g/mol. The summed E-state index contributed by atoms with van der Waals surface area (Å²) < 4.78 is 0. The van der Waals surface area contributed by atoms with E-state index in [2.05, 4.69) is 42.3 Å². The number of nitrogens with one attached hydrogen (secondary N) is 1. The Morgan fingerprint density at radius 2 is 2.04 bits per heavy atom. The second kappa shape index (κ2) is 7.53. The number of hydrogen-bond donors (Lipinski definition) is 2. The first-order valence-electron chi connectivity index (χ1n) is 10.3. The van der Waals surface area contributed by atoms with Crippen molar-refractivity contribution in [2.75, 3.05) is 25.0 Å². The minimum atomic E-state index is -0.788. The number of anilines is 1. The van der Waals surface area contributed by atoms with Crippen molar-refractivity contribution in [2.45, 2.75) is 52.5 Å². The predicted octanol–water partition coefficient (Wildman–Crippen LogP) is 4.95. The van der Waals surface area contributed by atoms with Crippen LogP contribution in [0.4, 0.5) is 5.69 Å². The maximum atomic E-state index is 12.3. The second-order valence-corrected chi connectivity index (χ2v) is 10.0. The van der Waals surface area contributed by atoms with E-state index in [1.54, 1.807) is 11.3 Å². The summed E-state index contributed by atoms with van der Waals surface area (Å²) in [5.41, 5.74) is 5.30. The lowest BCUT2D eigenvalue weighted by Crippen LogP contribution is -2.22. The van der Waals surface area contributed by atoms with Gasteiger partial charge in [-0.25, -0.2) is 4.79 Å². The van der Waals surface area contributed by atoms with Gasteiger partial charge in [0.25, 0.3) is 0 Å². The van der Waals surface area contributed by atoms with Crippen LogP contribution in [-0.4, -0.2) is 31.2 Å². The summed E-state index contributed by atoms with van der Waals surface area (Å²) in [5.74, 6) is -0.788. The predicted molar refractivity (Wildman–Crippen MR) is 117 cm³/mol. The first-order valence-corrected chi connectivity index (χ1v) is 11.1. The molecular weight excluding hydrogens is 368 g/mol. The van der Waals surface area contributed by atoms with Gasteiger partial charge in [0, 0.05) is 35.1 Å². The van der Waals surface area contributed by atoms with Crippen molar-refractivity contribution in [1.29, 1.82) is 0 Å². The fourth-order valence-electron chi connectivity index (χ4n) is 4.65. The Bertz CT molecular complexity index is 894. The number of carboxylic acids is 1. The summed E-state index contributed by atoms with van der Waals surface area (Å²) in [6, 6.07) is 6.58. The van der Waals surface area contributed by atoms with Crippen molar-refractivity contribution in [1.82, 2.24) is 5.32 Å². The highest BCUT2D eigenvalue weighted by atomic mass is 32.1. The third-order valence-corrected chi connectivity index (χ3v) is 7.49. The van der Waals surface area contributed by atoms with Crippen LogP contribution in [0.1, 0.15) is 59.5 Å². The Kier molecular flexibility index (Phi) is 5.23. The third-order valence-electron chi connectivity index (χ3n) is 6.16. The van der Waals surface area contributed by atoms with Crippen LogP contribution in [0.2, 0.25) is 0 Å². The van der Waals surface area contributed by atoms with Crippen LogP contribution in [0.15, 0.2) is 18.2 Å². The van der Waals surface area contributed by atoms with E-state index in [1.165, 1.54) is 29.0 Å². The molecule has 0 spiro atoms. The summed E-state index contributed by atoms with van der Waals surface area (Å²) in [5, 5.41) is 13.3. The lowest BCUT2D eigenvalue weighted by atomic mass is 9.76. The van der Waals surface area contributed by atoms with Gasteiger partial charge in [0.05, 0.1) is 5.56 Å². The SMILES string of the molecule is CNCc1cc(N2CCCC2)ccc1-c1sc2c(c1C(=O)O)CC(C)(C)CC2. The van der Waals surface area contributed by atoms with E-state index in [0.29, 0.717) is 5.56 Å². The van der Waals surface area contributed by atoms with E-state index in [1.807, 2.05) is 7.05 Å². The van der Waals surface area contributed by atoms with Crippen molar-refractivity contribution in [3.05, 3.63) is 39.8 Å². The second-order valence-electron chi connectivity index (χ2n) is 8.92. The molecule has 2 N–H and O–H groups in total. The summed E-state index contributed by atoms with van der Waals surface area (Å²) in [7, 11) is 1.95. The molecule has 0 unspecified atom stereocenters. The summed E-state index contributed by atoms with van der Waals surface area (Å²) >= 11 is 1.70. The highest BCUT2D eigenvalue weighted by Gasteiger charge is 2.33. The molecule has 2 heterocycles. The van der Waals surface area contributed by atoms with Crippen LogP contribution in [0.5, 0.6) is 0 Å². The van der Waals surface area contributed by atoms with Gasteiger partial charge in [-0.15, -0.1) is 11.3 Å². The largest absolute Gasteiger partial charge is 0.478 e. The van der Waals surface area contributed by atoms with Crippen molar-refractivity contribution in [3.8, 4) is 10.4 Å². The highest BCUT2D eigenvalue weighted by Crippen LogP contribution is 2.46. The van der Waals surface area contributed by atoms with Gasteiger partial charge >= 0.3 is 5.97 Å². The van der Waals surface area contributed by atoms with Crippen LogP contribution in [0.25, 0.3) is 10.4 Å². The lowest BCUT2D eigenvalue weighted by molar-refractivity contribution is 0.0696. The number of rotatable bonds is 5. The molecule has 150 valence electrons. The van der Waals surface area contributed by atoms with E-state index < -0.39 is 5.97 Å². The van der Waals surface area contributed by atoms with E-state index >= 15 is 0 Å². The number of carboxylic acid groups (broad SMARTS) is 1. The standard InChI is InChI=1S/C23H30N2O2S/c1-23(2)9-8-19-18(13-23)20(22(26)27)21(28-19)17-7-6-16(12-15(17)14-24-3)25-10-4-5-11-25/h6-7,12,24H,4-5,8-11,13-14H2,1-3H3,(H,26,27). The van der Waals surface area contributed by atoms with Crippen molar-refractivity contribution >= 4 is 23.0 Å². The van der Waals surface area contributed by atoms with Crippen LogP contribution in [0, 0.1) is 5.41 Å². The molecule has 1 aromatic heterocycles. The molecule has 1 saturated heterocycles. The van der Waals surface area contributed by atoms with E-state index in [9.17, 15) is 9.90 Å². The molecule has 1 fully saturated rings. The van der Waals surface area contributed by atoms with Crippen LogP contribution in [0.3, 0.4) is 0 Å². The number of aryl methyl sites for hydroxylation is 1. The quantitative estimate of drug-likeness (QED) is 0.748. The number of nitrogens with zero attached hydrogens (tertiary/aromatic N) is 1. The molecule has 2 aromatic rings. The number of aromatic carboxylic acids is 1. The van der Waals surface area contributed by atoms with Crippen molar-refractivity contribution < 1.29 is 9.90 Å². The van der Waals surface area contributed by atoms with E-state index in [0.717, 1.165) is 54.9 Å². The Balaban J connectivity index is 1.82. The van der Waals surface area contributed by atoms with Crippen molar-refractivity contribution in [2.24, 2.45) is 5.41 Å². The van der Waals surface area contributed by atoms with Gasteiger partial charge in [0.15, 0.2) is 0 Å². The minimum absolute atomic E-state index is 0.170. The zero-order chi connectivity index (χ0) is 19.9. The average molecular weight is 399 g/mol. The zero-order valence-electron chi connectivity index (χ0n) is 17.1. The number of hydrogen-bond acceptors (Lipinski definition) is 4. The molecule has 1 aliphatic heterocycles. The Morgan fingerprint density at radius 1 is 1.29 bits per heavy atom. The summed E-state index contributed by atoms with van der Waals surface area (Å²) in [6.45, 7) is 7.46. The Hall–Kier alpha value is -1.85. The molecule has 4 nitrogen and oxygen atoms in total. The highest BCUT2D eigenvalue weighted by molar-refractivity contribution is 7.16. The maximum Gasteiger partial charge on any atom is 0.337 e. The van der Waals surface area contributed by atoms with Gasteiger partial charge in [-0.3, -0.25) is 0 Å². The van der Waals surface area contributed by atoms with Gasteiger partial charge in [-0.2, -0.15) is 0 Å².